The zero-order valence-corrected chi connectivity index (χ0v) is 9.34. The van der Waals surface area contributed by atoms with E-state index in [-0.39, 0.29) is 6.61 Å². The number of hydrogen-bond donors (Lipinski definition) is 0. The summed E-state index contributed by atoms with van der Waals surface area (Å²) in [7, 11) is 1.56. The van der Waals surface area contributed by atoms with Crippen LogP contribution < -0.4 is 4.74 Å². The Kier molecular flexibility index (Phi) is 3.10. The van der Waals surface area contributed by atoms with Crippen LogP contribution in [0, 0.1) is 11.3 Å². The number of nitrogens with zero attached hydrogens (tertiary/aromatic N) is 1. The Morgan fingerprint density at radius 2 is 2.35 bits per heavy atom. The molecule has 0 spiro atoms. The molecular formula is C13H11NO3. The molecule has 86 valence electrons. The number of methoxy groups -OCH3 is 1. The predicted octanol–water partition coefficient (Wildman–Crippen LogP) is 1.79. The average Bonchev–Trinajstić information content (AvgIpc) is 2.77. The summed E-state index contributed by atoms with van der Waals surface area (Å²) in [5.41, 5.74) is 1.14. The van der Waals surface area contributed by atoms with Gasteiger partial charge in [0, 0.05) is 0 Å². The third-order valence-electron chi connectivity index (χ3n) is 2.62. The number of carbonyl (C=O) groups is 1. The summed E-state index contributed by atoms with van der Waals surface area (Å²) in [4.78, 5) is 11.4. The molecule has 4 nitrogen and oxygen atoms in total. The molecule has 0 radical (unpaired) electrons. The quantitative estimate of drug-likeness (QED) is 0.741. The van der Waals surface area contributed by atoms with E-state index in [4.69, 9.17) is 9.47 Å². The van der Waals surface area contributed by atoms with Gasteiger partial charge in [-0.15, -0.1) is 0 Å². The Bertz CT molecular complexity index is 514. The molecule has 1 unspecified atom stereocenters. The molecule has 0 bridgehead atoms. The van der Waals surface area contributed by atoms with Crippen molar-refractivity contribution < 1.29 is 14.3 Å². The number of ether oxygens (including phenoxy) is 2. The predicted molar refractivity (Wildman–Crippen MR) is 60.4 cm³/mol. The van der Waals surface area contributed by atoms with Crippen LogP contribution in [0.5, 0.6) is 5.75 Å². The van der Waals surface area contributed by atoms with Crippen molar-refractivity contribution in [3.63, 3.8) is 0 Å². The van der Waals surface area contributed by atoms with E-state index in [1.165, 1.54) is 0 Å². The molecule has 0 aliphatic carbocycles. The summed E-state index contributed by atoms with van der Waals surface area (Å²) < 4.78 is 9.91. The van der Waals surface area contributed by atoms with E-state index in [1.807, 2.05) is 0 Å². The maximum Gasteiger partial charge on any atom is 0.335 e. The van der Waals surface area contributed by atoms with Gasteiger partial charge in [-0.05, 0) is 23.8 Å². The zero-order chi connectivity index (χ0) is 12.3. The van der Waals surface area contributed by atoms with Crippen LogP contribution in [0.1, 0.15) is 11.5 Å². The van der Waals surface area contributed by atoms with Crippen LogP contribution in [0.15, 0.2) is 35.9 Å². The first-order valence-electron chi connectivity index (χ1n) is 5.17. The van der Waals surface area contributed by atoms with Crippen molar-refractivity contribution in [2.75, 3.05) is 13.7 Å². The van der Waals surface area contributed by atoms with Gasteiger partial charge in [-0.2, -0.15) is 5.26 Å². The molecular weight excluding hydrogens is 218 g/mol. The van der Waals surface area contributed by atoms with Gasteiger partial charge in [0.25, 0.3) is 0 Å². The molecule has 1 aliphatic heterocycles. The van der Waals surface area contributed by atoms with Crippen molar-refractivity contribution in [1.82, 2.24) is 0 Å². The standard InChI is InChI=1S/C13H11NO3/c1-16-10-4-2-3-9(7-10)12(8-14)11-5-6-17-13(11)15/h2-5,7,12H,6H2,1H3. The number of cyclic esters (lactones) is 1. The third kappa shape index (κ3) is 2.13. The summed E-state index contributed by atoms with van der Waals surface area (Å²) in [6, 6.07) is 9.24. The van der Waals surface area contributed by atoms with Crippen molar-refractivity contribution in [2.45, 2.75) is 5.92 Å². The van der Waals surface area contributed by atoms with E-state index in [1.54, 1.807) is 37.5 Å². The molecule has 1 heterocycles. The molecule has 0 aromatic heterocycles. The minimum atomic E-state index is -0.597. The normalized spacial score (nSPS) is 15.8. The molecule has 0 N–H and O–H groups in total. The Morgan fingerprint density at radius 3 is 2.94 bits per heavy atom. The largest absolute Gasteiger partial charge is 0.497 e. The monoisotopic (exact) mass is 229 g/mol. The smallest absolute Gasteiger partial charge is 0.335 e. The first-order valence-corrected chi connectivity index (χ1v) is 5.17. The maximum atomic E-state index is 11.4. The topological polar surface area (TPSA) is 59.3 Å². The van der Waals surface area contributed by atoms with Gasteiger partial charge in [-0.3, -0.25) is 0 Å². The lowest BCUT2D eigenvalue weighted by atomic mass is 9.92. The van der Waals surface area contributed by atoms with E-state index >= 15 is 0 Å². The minimum Gasteiger partial charge on any atom is -0.497 e. The van der Waals surface area contributed by atoms with Gasteiger partial charge in [0.2, 0.25) is 0 Å². The van der Waals surface area contributed by atoms with Crippen molar-refractivity contribution in [3.8, 4) is 11.8 Å². The molecule has 17 heavy (non-hydrogen) atoms. The SMILES string of the molecule is COc1cccc(C(C#N)C2=CCOC2=O)c1. The van der Waals surface area contributed by atoms with Gasteiger partial charge in [-0.1, -0.05) is 12.1 Å². The summed E-state index contributed by atoms with van der Waals surface area (Å²) >= 11 is 0. The zero-order valence-electron chi connectivity index (χ0n) is 9.34. The summed E-state index contributed by atoms with van der Waals surface area (Å²) in [6.45, 7) is 0.246. The van der Waals surface area contributed by atoms with E-state index in [2.05, 4.69) is 6.07 Å². The van der Waals surface area contributed by atoms with Gasteiger partial charge < -0.3 is 9.47 Å². The first-order chi connectivity index (χ1) is 8.26. The lowest BCUT2D eigenvalue weighted by molar-refractivity contribution is -0.136. The van der Waals surface area contributed by atoms with Crippen molar-refractivity contribution >= 4 is 5.97 Å². The van der Waals surface area contributed by atoms with Crippen molar-refractivity contribution in [1.29, 1.82) is 5.26 Å². The lowest BCUT2D eigenvalue weighted by Crippen LogP contribution is -2.08. The summed E-state index contributed by atoms with van der Waals surface area (Å²) in [5, 5.41) is 9.18. The summed E-state index contributed by atoms with van der Waals surface area (Å²) in [5.74, 6) is -0.353. The number of rotatable bonds is 3. The third-order valence-corrected chi connectivity index (χ3v) is 2.62. The highest BCUT2D eigenvalue weighted by atomic mass is 16.5. The fourth-order valence-corrected chi connectivity index (χ4v) is 1.75. The van der Waals surface area contributed by atoms with Crippen molar-refractivity contribution in [3.05, 3.63) is 41.5 Å². The summed E-state index contributed by atoms with van der Waals surface area (Å²) in [6.07, 6.45) is 1.65. The number of carbonyl (C=O) groups excluding carboxylic acids is 1. The van der Waals surface area contributed by atoms with Crippen LogP contribution >= 0.6 is 0 Å². The van der Waals surface area contributed by atoms with Crippen molar-refractivity contribution in [2.24, 2.45) is 0 Å². The van der Waals surface area contributed by atoms with Crippen LogP contribution in [0.3, 0.4) is 0 Å². The van der Waals surface area contributed by atoms with E-state index in [0.29, 0.717) is 11.3 Å². The van der Waals surface area contributed by atoms with Crippen LogP contribution in [0.25, 0.3) is 0 Å². The highest BCUT2D eigenvalue weighted by Crippen LogP contribution is 2.29. The second-order valence-corrected chi connectivity index (χ2v) is 3.60. The highest BCUT2D eigenvalue weighted by Gasteiger charge is 2.27. The highest BCUT2D eigenvalue weighted by molar-refractivity contribution is 5.93. The molecule has 1 aromatic carbocycles. The molecule has 1 aliphatic rings. The van der Waals surface area contributed by atoms with E-state index < -0.39 is 11.9 Å². The molecule has 2 rings (SSSR count). The fraction of sp³-hybridized carbons (Fsp3) is 0.231. The number of benzene rings is 1. The van der Waals surface area contributed by atoms with Crippen LogP contribution in [0.4, 0.5) is 0 Å². The molecule has 0 saturated heterocycles. The Labute approximate surface area is 99.1 Å². The van der Waals surface area contributed by atoms with Gasteiger partial charge in [-0.25, -0.2) is 4.79 Å². The molecule has 1 atom stereocenters. The number of nitriles is 1. The van der Waals surface area contributed by atoms with E-state index in [9.17, 15) is 10.1 Å². The Morgan fingerprint density at radius 1 is 1.53 bits per heavy atom. The second kappa shape index (κ2) is 4.71. The molecule has 0 amide bonds. The van der Waals surface area contributed by atoms with Crippen LogP contribution in [0.2, 0.25) is 0 Å². The molecule has 4 heteroatoms. The maximum absolute atomic E-state index is 11.4. The van der Waals surface area contributed by atoms with Gasteiger partial charge in [0.1, 0.15) is 18.3 Å². The van der Waals surface area contributed by atoms with Gasteiger partial charge in [0.05, 0.1) is 18.8 Å². The first kappa shape index (κ1) is 11.2. The van der Waals surface area contributed by atoms with Crippen LogP contribution in [-0.4, -0.2) is 19.7 Å². The number of esters is 1. The fourth-order valence-electron chi connectivity index (χ4n) is 1.75. The second-order valence-electron chi connectivity index (χ2n) is 3.60. The van der Waals surface area contributed by atoms with Gasteiger partial charge in [0.15, 0.2) is 0 Å². The Balaban J connectivity index is 2.36. The molecule has 0 fully saturated rings. The Hall–Kier alpha value is -2.28. The minimum absolute atomic E-state index is 0.246. The molecule has 1 aromatic rings. The lowest BCUT2D eigenvalue weighted by Gasteiger charge is -2.10. The average molecular weight is 229 g/mol. The number of hydrogen-bond acceptors (Lipinski definition) is 4. The molecule has 0 saturated carbocycles. The van der Waals surface area contributed by atoms with Gasteiger partial charge >= 0.3 is 5.97 Å². The van der Waals surface area contributed by atoms with Crippen LogP contribution in [-0.2, 0) is 9.53 Å². The van der Waals surface area contributed by atoms with E-state index in [0.717, 1.165) is 5.56 Å².